The predicted molar refractivity (Wildman–Crippen MR) is 131 cm³/mol. The Bertz CT molecular complexity index is 1040. The third kappa shape index (κ3) is 5.94. The maximum atomic E-state index is 13.0. The van der Waals surface area contributed by atoms with Crippen molar-refractivity contribution in [3.8, 4) is 0 Å². The number of hydrogen-bond donors (Lipinski definition) is 2. The smallest absolute Gasteiger partial charge is 0.253 e. The van der Waals surface area contributed by atoms with Crippen LogP contribution in [-0.2, 0) is 14.3 Å². The second kappa shape index (κ2) is 11.5. The molecule has 2 fully saturated rings. The summed E-state index contributed by atoms with van der Waals surface area (Å²) in [7, 11) is 0. The van der Waals surface area contributed by atoms with Crippen molar-refractivity contribution in [2.45, 2.75) is 12.8 Å². The van der Waals surface area contributed by atoms with Gasteiger partial charge in [-0.2, -0.15) is 0 Å². The second-order valence-corrected chi connectivity index (χ2v) is 8.86. The molecular formula is C25H29ClN4O4. The van der Waals surface area contributed by atoms with Crippen LogP contribution in [0.5, 0.6) is 0 Å². The van der Waals surface area contributed by atoms with E-state index in [-0.39, 0.29) is 30.7 Å². The van der Waals surface area contributed by atoms with Crippen molar-refractivity contribution in [3.63, 3.8) is 0 Å². The van der Waals surface area contributed by atoms with Crippen molar-refractivity contribution in [1.29, 1.82) is 0 Å². The molecule has 0 unspecified atom stereocenters. The quantitative estimate of drug-likeness (QED) is 0.562. The molecule has 0 saturated carbocycles. The van der Waals surface area contributed by atoms with Crippen molar-refractivity contribution in [1.82, 2.24) is 10.2 Å². The molecule has 9 heteroatoms. The molecule has 0 aliphatic carbocycles. The first kappa shape index (κ1) is 24.2. The van der Waals surface area contributed by atoms with Crippen LogP contribution >= 0.6 is 11.6 Å². The molecule has 0 spiro atoms. The molecule has 0 bridgehead atoms. The van der Waals surface area contributed by atoms with Crippen LogP contribution in [-0.4, -0.2) is 68.6 Å². The zero-order chi connectivity index (χ0) is 23.9. The minimum absolute atomic E-state index is 0.0902. The minimum atomic E-state index is -0.534. The maximum absolute atomic E-state index is 13.0. The van der Waals surface area contributed by atoms with Gasteiger partial charge >= 0.3 is 0 Å². The number of ether oxygens (including phenoxy) is 1. The highest BCUT2D eigenvalue weighted by Gasteiger charge is 2.36. The number of carbonyl (C=O) groups is 3. The first-order valence-electron chi connectivity index (χ1n) is 11.6. The van der Waals surface area contributed by atoms with Gasteiger partial charge in [0.05, 0.1) is 41.1 Å². The van der Waals surface area contributed by atoms with E-state index in [2.05, 4.69) is 15.5 Å². The Morgan fingerprint density at radius 1 is 1.06 bits per heavy atom. The second-order valence-electron chi connectivity index (χ2n) is 8.46. The van der Waals surface area contributed by atoms with E-state index in [1.165, 1.54) is 0 Å². The number of para-hydroxylation sites is 2. The van der Waals surface area contributed by atoms with Crippen LogP contribution in [0.4, 0.5) is 11.4 Å². The lowest BCUT2D eigenvalue weighted by Crippen LogP contribution is -2.38. The summed E-state index contributed by atoms with van der Waals surface area (Å²) >= 11 is 6.23. The molecule has 0 aromatic heterocycles. The van der Waals surface area contributed by atoms with Crippen LogP contribution in [0.25, 0.3) is 0 Å². The summed E-state index contributed by atoms with van der Waals surface area (Å²) in [5.41, 5.74) is 1.43. The number of halogens is 1. The first-order valence-corrected chi connectivity index (χ1v) is 11.9. The molecule has 2 aromatic rings. The van der Waals surface area contributed by atoms with Crippen molar-refractivity contribution >= 4 is 40.7 Å². The van der Waals surface area contributed by atoms with Gasteiger partial charge in [-0.05, 0) is 37.2 Å². The summed E-state index contributed by atoms with van der Waals surface area (Å²) in [6.07, 6.45) is 0.926. The van der Waals surface area contributed by atoms with E-state index in [4.69, 9.17) is 16.3 Å². The highest BCUT2D eigenvalue weighted by Crippen LogP contribution is 2.31. The van der Waals surface area contributed by atoms with E-state index in [1.54, 1.807) is 53.4 Å². The highest BCUT2D eigenvalue weighted by atomic mass is 35.5. The summed E-state index contributed by atoms with van der Waals surface area (Å²) in [5.74, 6) is -1.22. The molecule has 2 N–H and O–H groups in total. The van der Waals surface area contributed by atoms with Gasteiger partial charge in [0.15, 0.2) is 0 Å². The van der Waals surface area contributed by atoms with E-state index < -0.39 is 5.92 Å². The lowest BCUT2D eigenvalue weighted by atomic mass is 10.1. The lowest BCUT2D eigenvalue weighted by Gasteiger charge is -2.26. The average molecular weight is 485 g/mol. The Kier molecular flexibility index (Phi) is 8.16. The number of carbonyl (C=O) groups excluding carboxylic acids is 3. The summed E-state index contributed by atoms with van der Waals surface area (Å²) in [4.78, 5) is 42.1. The Balaban J connectivity index is 1.32. The Morgan fingerprint density at radius 3 is 2.59 bits per heavy atom. The van der Waals surface area contributed by atoms with Crippen molar-refractivity contribution in [3.05, 3.63) is 59.1 Å². The van der Waals surface area contributed by atoms with Gasteiger partial charge in [0.25, 0.3) is 5.91 Å². The van der Waals surface area contributed by atoms with Crippen LogP contribution in [0.3, 0.4) is 0 Å². The number of anilines is 2. The molecule has 2 heterocycles. The monoisotopic (exact) mass is 484 g/mol. The number of hydrogen-bond acceptors (Lipinski definition) is 5. The zero-order valence-corrected chi connectivity index (χ0v) is 19.7. The fourth-order valence-electron chi connectivity index (χ4n) is 4.24. The first-order chi connectivity index (χ1) is 16.5. The number of nitrogens with one attached hydrogen (secondary N) is 2. The van der Waals surface area contributed by atoms with Gasteiger partial charge in [-0.3, -0.25) is 19.3 Å². The number of rotatable bonds is 8. The van der Waals surface area contributed by atoms with Crippen molar-refractivity contribution < 1.29 is 19.1 Å². The standard InChI is InChI=1S/C25H29ClN4O4/c26-20-7-2-4-9-22(20)30-17-18(16-23(30)31)24(32)28-21-8-3-1-6-19(21)25(33)27-10-5-11-29-12-14-34-15-13-29/h1-4,6-9,18H,5,10-17H2,(H,27,33)(H,28,32)/t18-/m1/s1. The third-order valence-corrected chi connectivity index (χ3v) is 6.43. The molecule has 0 radical (unpaired) electrons. The van der Waals surface area contributed by atoms with Gasteiger partial charge in [-0.25, -0.2) is 0 Å². The van der Waals surface area contributed by atoms with Crippen molar-refractivity contribution in [2.24, 2.45) is 5.92 Å². The Hall–Kier alpha value is -2.94. The Labute approximate surface area is 204 Å². The maximum Gasteiger partial charge on any atom is 0.253 e. The number of morpholine rings is 1. The molecule has 2 aliphatic rings. The summed E-state index contributed by atoms with van der Waals surface area (Å²) in [6.45, 7) is 5.03. The van der Waals surface area contributed by atoms with Crippen LogP contribution < -0.4 is 15.5 Å². The molecule has 34 heavy (non-hydrogen) atoms. The summed E-state index contributed by atoms with van der Waals surface area (Å²) < 4.78 is 5.35. The molecule has 2 saturated heterocycles. The van der Waals surface area contributed by atoms with E-state index in [0.717, 1.165) is 39.3 Å². The average Bonchev–Trinajstić information content (AvgIpc) is 3.24. The number of amides is 3. The molecule has 8 nitrogen and oxygen atoms in total. The molecule has 2 aromatic carbocycles. The molecule has 1 atom stereocenters. The summed E-state index contributed by atoms with van der Waals surface area (Å²) in [6, 6.07) is 14.0. The molecular weight excluding hydrogens is 456 g/mol. The SMILES string of the molecule is O=C(NCCCN1CCOCC1)c1ccccc1NC(=O)[C@@H]1CC(=O)N(c2ccccc2Cl)C1. The minimum Gasteiger partial charge on any atom is -0.379 e. The predicted octanol–water partition coefficient (Wildman–Crippen LogP) is 2.78. The molecule has 180 valence electrons. The molecule has 4 rings (SSSR count). The number of nitrogens with zero attached hydrogens (tertiary/aromatic N) is 2. The normalized spacial score (nSPS) is 18.7. The number of benzene rings is 2. The van der Waals surface area contributed by atoms with Gasteiger partial charge in [-0.1, -0.05) is 35.9 Å². The molecule has 2 aliphatic heterocycles. The topological polar surface area (TPSA) is 91.0 Å². The van der Waals surface area contributed by atoms with Gasteiger partial charge in [0, 0.05) is 32.6 Å². The van der Waals surface area contributed by atoms with E-state index in [1.807, 2.05) is 0 Å². The van der Waals surface area contributed by atoms with Crippen LogP contribution in [0.2, 0.25) is 5.02 Å². The molecule has 3 amide bonds. The van der Waals surface area contributed by atoms with Gasteiger partial charge < -0.3 is 20.3 Å². The van der Waals surface area contributed by atoms with Gasteiger partial charge in [0.1, 0.15) is 0 Å². The third-order valence-electron chi connectivity index (χ3n) is 6.11. The van der Waals surface area contributed by atoms with Crippen LogP contribution in [0.1, 0.15) is 23.2 Å². The fraction of sp³-hybridized carbons (Fsp3) is 0.400. The van der Waals surface area contributed by atoms with E-state index >= 15 is 0 Å². The fourth-order valence-corrected chi connectivity index (χ4v) is 4.47. The van der Waals surface area contributed by atoms with Gasteiger partial charge in [-0.15, -0.1) is 0 Å². The van der Waals surface area contributed by atoms with Crippen LogP contribution in [0.15, 0.2) is 48.5 Å². The lowest BCUT2D eigenvalue weighted by molar-refractivity contribution is -0.122. The van der Waals surface area contributed by atoms with Crippen LogP contribution in [0, 0.1) is 5.92 Å². The zero-order valence-electron chi connectivity index (χ0n) is 19.0. The highest BCUT2D eigenvalue weighted by molar-refractivity contribution is 6.34. The van der Waals surface area contributed by atoms with Crippen molar-refractivity contribution in [2.75, 3.05) is 56.2 Å². The largest absolute Gasteiger partial charge is 0.379 e. The Morgan fingerprint density at radius 2 is 1.79 bits per heavy atom. The van der Waals surface area contributed by atoms with E-state index in [0.29, 0.717) is 28.5 Å². The van der Waals surface area contributed by atoms with E-state index in [9.17, 15) is 14.4 Å². The van der Waals surface area contributed by atoms with Gasteiger partial charge in [0.2, 0.25) is 11.8 Å². The summed E-state index contributed by atoms with van der Waals surface area (Å²) in [5, 5.41) is 6.25.